The lowest BCUT2D eigenvalue weighted by Gasteiger charge is -2.12. The molecule has 0 spiro atoms. The molecule has 1 aromatic carbocycles. The van der Waals surface area contributed by atoms with Gasteiger partial charge >= 0.3 is 0 Å². The lowest BCUT2D eigenvalue weighted by atomic mass is 10.1. The Kier molecular flexibility index (Phi) is 3.60. The number of hydrogen-bond acceptors (Lipinski definition) is 3. The van der Waals surface area contributed by atoms with Crippen molar-refractivity contribution in [3.8, 4) is 11.3 Å². The van der Waals surface area contributed by atoms with Crippen LogP contribution in [0.4, 0.5) is 4.39 Å². The van der Waals surface area contributed by atoms with E-state index in [9.17, 15) is 4.39 Å². The van der Waals surface area contributed by atoms with E-state index in [1.54, 1.807) is 6.20 Å². The van der Waals surface area contributed by atoms with E-state index < -0.39 is 0 Å². The fourth-order valence-corrected chi connectivity index (χ4v) is 2.90. The van der Waals surface area contributed by atoms with E-state index in [2.05, 4.69) is 15.0 Å². The van der Waals surface area contributed by atoms with Gasteiger partial charge in [-0.15, -0.1) is 0 Å². The second-order valence-corrected chi connectivity index (χ2v) is 5.96. The number of halogens is 2. The van der Waals surface area contributed by atoms with Gasteiger partial charge in [0, 0.05) is 17.8 Å². The normalized spacial score (nSPS) is 11.6. The average molecular weight is 319 g/mol. The van der Waals surface area contributed by atoms with Gasteiger partial charge in [0.15, 0.2) is 5.82 Å². The summed E-state index contributed by atoms with van der Waals surface area (Å²) in [5.41, 5.74) is 3.29. The summed E-state index contributed by atoms with van der Waals surface area (Å²) in [5.74, 6) is 0.433. The number of fused-ring (bicyclic) bond motifs is 1. The maximum Gasteiger partial charge on any atom is 0.222 e. The van der Waals surface area contributed by atoms with Gasteiger partial charge in [-0.05, 0) is 57.0 Å². The second-order valence-electron chi connectivity index (χ2n) is 5.62. The molecule has 2 heterocycles. The molecule has 0 saturated heterocycles. The Bertz CT molecular complexity index is 870. The van der Waals surface area contributed by atoms with Gasteiger partial charge in [-0.3, -0.25) is 0 Å². The summed E-state index contributed by atoms with van der Waals surface area (Å²) in [4.78, 5) is 12.5. The smallest absolute Gasteiger partial charge is 0.222 e. The highest BCUT2D eigenvalue weighted by atomic mass is 35.5. The van der Waals surface area contributed by atoms with E-state index in [0.29, 0.717) is 16.8 Å². The topological polar surface area (TPSA) is 43.6 Å². The largest absolute Gasteiger partial charge is 0.326 e. The van der Waals surface area contributed by atoms with Crippen LogP contribution < -0.4 is 0 Å². The zero-order valence-corrected chi connectivity index (χ0v) is 13.6. The molecular formula is C16H16ClFN4. The summed E-state index contributed by atoms with van der Waals surface area (Å²) in [6.45, 7) is 7.85. The van der Waals surface area contributed by atoms with Gasteiger partial charge in [0.25, 0.3) is 0 Å². The van der Waals surface area contributed by atoms with Crippen molar-refractivity contribution in [3.63, 3.8) is 0 Å². The third kappa shape index (κ3) is 2.35. The standard InChI is InChI=1S/C16H16ClFN4/c1-8(2)22-10(4)20-15-12(18)5-11(6-13(15)22)14-9(3)7-19-16(17)21-14/h5-8H,1-4H3. The Morgan fingerprint density at radius 2 is 1.91 bits per heavy atom. The Morgan fingerprint density at radius 3 is 2.59 bits per heavy atom. The third-order valence-corrected chi connectivity index (χ3v) is 3.84. The molecule has 0 unspecified atom stereocenters. The first-order chi connectivity index (χ1) is 10.4. The highest BCUT2D eigenvalue weighted by Crippen LogP contribution is 2.30. The summed E-state index contributed by atoms with van der Waals surface area (Å²) in [7, 11) is 0. The molecule has 4 nitrogen and oxygen atoms in total. The molecule has 3 rings (SSSR count). The number of aromatic nitrogens is 4. The summed E-state index contributed by atoms with van der Waals surface area (Å²) in [6, 6.07) is 3.55. The highest BCUT2D eigenvalue weighted by molar-refractivity contribution is 6.28. The van der Waals surface area contributed by atoms with Crippen LogP contribution in [-0.2, 0) is 0 Å². The first-order valence-electron chi connectivity index (χ1n) is 7.06. The number of nitrogens with zero attached hydrogens (tertiary/aromatic N) is 4. The Balaban J connectivity index is 2.32. The number of imidazole rings is 1. The van der Waals surface area contributed by atoms with Gasteiger partial charge in [0.2, 0.25) is 5.28 Å². The second kappa shape index (κ2) is 5.32. The number of hydrogen-bond donors (Lipinski definition) is 0. The first-order valence-corrected chi connectivity index (χ1v) is 7.44. The van der Waals surface area contributed by atoms with Gasteiger partial charge in [0.1, 0.15) is 11.3 Å². The van der Waals surface area contributed by atoms with E-state index >= 15 is 0 Å². The molecule has 3 aromatic rings. The maximum atomic E-state index is 14.5. The predicted molar refractivity (Wildman–Crippen MR) is 85.6 cm³/mol. The van der Waals surface area contributed by atoms with Crippen molar-refractivity contribution in [2.24, 2.45) is 0 Å². The predicted octanol–water partition coefficient (Wildman–Crippen LogP) is 4.48. The minimum atomic E-state index is -0.357. The lowest BCUT2D eigenvalue weighted by Crippen LogP contribution is -2.03. The van der Waals surface area contributed by atoms with Crippen molar-refractivity contribution >= 4 is 22.6 Å². The fourth-order valence-electron chi connectivity index (χ4n) is 2.77. The Labute approximate surface area is 133 Å². The van der Waals surface area contributed by atoms with Crippen LogP contribution in [0.5, 0.6) is 0 Å². The average Bonchev–Trinajstić information content (AvgIpc) is 2.78. The van der Waals surface area contributed by atoms with E-state index in [0.717, 1.165) is 16.9 Å². The van der Waals surface area contributed by atoms with Crippen molar-refractivity contribution in [2.75, 3.05) is 0 Å². The van der Waals surface area contributed by atoms with Gasteiger partial charge in [0.05, 0.1) is 11.2 Å². The molecule has 2 aromatic heterocycles. The Morgan fingerprint density at radius 1 is 1.18 bits per heavy atom. The molecule has 0 fully saturated rings. The fraction of sp³-hybridized carbons (Fsp3) is 0.312. The summed E-state index contributed by atoms with van der Waals surface area (Å²) >= 11 is 5.88. The van der Waals surface area contributed by atoms with Crippen LogP contribution in [0.2, 0.25) is 5.28 Å². The molecule has 0 radical (unpaired) electrons. The van der Waals surface area contributed by atoms with Crippen molar-refractivity contribution in [1.82, 2.24) is 19.5 Å². The molecule has 0 amide bonds. The number of rotatable bonds is 2. The SMILES string of the molecule is Cc1cnc(Cl)nc1-c1cc(F)c2nc(C)n(C(C)C)c2c1. The van der Waals surface area contributed by atoms with Crippen LogP contribution in [0.3, 0.4) is 0 Å². The van der Waals surface area contributed by atoms with Gasteiger partial charge in [-0.25, -0.2) is 19.3 Å². The van der Waals surface area contributed by atoms with Gasteiger partial charge in [-0.2, -0.15) is 0 Å². The monoisotopic (exact) mass is 318 g/mol. The molecule has 0 aliphatic carbocycles. The minimum absolute atomic E-state index is 0.148. The summed E-state index contributed by atoms with van der Waals surface area (Å²) in [5, 5.41) is 0.148. The third-order valence-electron chi connectivity index (χ3n) is 3.66. The quantitative estimate of drug-likeness (QED) is 0.654. The first kappa shape index (κ1) is 14.9. The lowest BCUT2D eigenvalue weighted by molar-refractivity contribution is 0.600. The molecular weight excluding hydrogens is 303 g/mol. The van der Waals surface area contributed by atoms with Crippen LogP contribution in [0, 0.1) is 19.7 Å². The number of aryl methyl sites for hydroxylation is 2. The van der Waals surface area contributed by atoms with Gasteiger partial charge in [-0.1, -0.05) is 0 Å². The molecule has 6 heteroatoms. The molecule has 0 saturated carbocycles. The minimum Gasteiger partial charge on any atom is -0.326 e. The van der Waals surface area contributed by atoms with Gasteiger partial charge < -0.3 is 4.57 Å². The van der Waals surface area contributed by atoms with Crippen LogP contribution in [-0.4, -0.2) is 19.5 Å². The van der Waals surface area contributed by atoms with Crippen molar-refractivity contribution < 1.29 is 4.39 Å². The maximum absolute atomic E-state index is 14.5. The molecule has 0 N–H and O–H groups in total. The Hall–Kier alpha value is -2.01. The van der Waals surface area contributed by atoms with E-state index in [1.165, 1.54) is 6.07 Å². The molecule has 0 aliphatic rings. The van der Waals surface area contributed by atoms with Crippen LogP contribution in [0.1, 0.15) is 31.3 Å². The van der Waals surface area contributed by atoms with Crippen LogP contribution >= 0.6 is 11.6 Å². The summed E-state index contributed by atoms with van der Waals surface area (Å²) < 4.78 is 16.5. The van der Waals surface area contributed by atoms with E-state index in [1.807, 2.05) is 38.3 Å². The highest BCUT2D eigenvalue weighted by Gasteiger charge is 2.17. The van der Waals surface area contributed by atoms with E-state index in [4.69, 9.17) is 11.6 Å². The molecule has 114 valence electrons. The van der Waals surface area contributed by atoms with Crippen LogP contribution in [0.25, 0.3) is 22.3 Å². The van der Waals surface area contributed by atoms with Crippen molar-refractivity contribution in [3.05, 3.63) is 40.8 Å². The van der Waals surface area contributed by atoms with Crippen molar-refractivity contribution in [1.29, 1.82) is 0 Å². The molecule has 0 atom stereocenters. The number of benzene rings is 1. The zero-order valence-electron chi connectivity index (χ0n) is 12.9. The van der Waals surface area contributed by atoms with Crippen LogP contribution in [0.15, 0.2) is 18.3 Å². The molecule has 0 aliphatic heterocycles. The van der Waals surface area contributed by atoms with E-state index in [-0.39, 0.29) is 17.1 Å². The molecule has 22 heavy (non-hydrogen) atoms. The molecule has 0 bridgehead atoms. The summed E-state index contributed by atoms with van der Waals surface area (Å²) in [6.07, 6.45) is 1.64. The van der Waals surface area contributed by atoms with Crippen molar-refractivity contribution in [2.45, 2.75) is 33.7 Å². The zero-order chi connectivity index (χ0) is 16.0.